The molecule has 1 heterocycles. The topological polar surface area (TPSA) is 30.0 Å². The fraction of sp³-hybridized carbons (Fsp3) is 0.200. The molecule has 2 nitrogen and oxygen atoms in total. The second-order valence-corrected chi connectivity index (χ2v) is 3.95. The summed E-state index contributed by atoms with van der Waals surface area (Å²) >= 11 is 0. The molecule has 0 aliphatic rings. The number of nitrogens with zero attached hydrogens (tertiary/aromatic N) is 1. The summed E-state index contributed by atoms with van der Waals surface area (Å²) in [5.74, 6) is 0.106. The van der Waals surface area contributed by atoms with Crippen molar-refractivity contribution >= 4 is 16.7 Å². The minimum absolute atomic E-state index is 0.106. The average Bonchev–Trinajstić information content (AvgIpc) is 2.36. The van der Waals surface area contributed by atoms with Gasteiger partial charge in [-0.1, -0.05) is 37.3 Å². The first-order chi connectivity index (χ1) is 8.29. The summed E-state index contributed by atoms with van der Waals surface area (Å²) in [6.07, 6.45) is 4.78. The maximum Gasteiger partial charge on any atom is 0.161 e. The Balaban J connectivity index is 2.19. The van der Waals surface area contributed by atoms with Gasteiger partial charge in [-0.05, 0) is 24.6 Å². The van der Waals surface area contributed by atoms with Crippen LogP contribution in [0.5, 0.6) is 0 Å². The van der Waals surface area contributed by atoms with Crippen LogP contribution in [0.3, 0.4) is 0 Å². The number of fused-ring (bicyclic) bond motifs is 1. The number of aromatic nitrogens is 1. The molecule has 86 valence electrons. The van der Waals surface area contributed by atoms with Crippen LogP contribution in [-0.4, -0.2) is 10.8 Å². The lowest BCUT2D eigenvalue weighted by atomic mass is 10.1. The van der Waals surface area contributed by atoms with Gasteiger partial charge in [0.25, 0.3) is 0 Å². The summed E-state index contributed by atoms with van der Waals surface area (Å²) in [5, 5.41) is 1.10. The number of para-hydroxylation sites is 1. The predicted molar refractivity (Wildman–Crippen MR) is 69.9 cm³/mol. The molecule has 0 fully saturated rings. The zero-order valence-electron chi connectivity index (χ0n) is 9.89. The molecule has 0 aliphatic heterocycles. The summed E-state index contributed by atoms with van der Waals surface area (Å²) in [6.45, 7) is 2.01. The van der Waals surface area contributed by atoms with Gasteiger partial charge in [0.05, 0.1) is 11.9 Å². The van der Waals surface area contributed by atoms with Gasteiger partial charge in [0.15, 0.2) is 5.78 Å². The maximum absolute atomic E-state index is 11.6. The van der Waals surface area contributed by atoms with E-state index in [1.54, 1.807) is 6.08 Å². The van der Waals surface area contributed by atoms with Crippen molar-refractivity contribution < 1.29 is 4.79 Å². The molecular formula is C15H15NO. The first-order valence-corrected chi connectivity index (χ1v) is 5.83. The Morgan fingerprint density at radius 3 is 2.88 bits per heavy atom. The summed E-state index contributed by atoms with van der Waals surface area (Å²) < 4.78 is 0. The van der Waals surface area contributed by atoms with Crippen LogP contribution >= 0.6 is 0 Å². The molecule has 1 aromatic carbocycles. The minimum Gasteiger partial charge on any atom is -0.294 e. The fourth-order valence-corrected chi connectivity index (χ4v) is 1.69. The monoisotopic (exact) mass is 225 g/mol. The van der Waals surface area contributed by atoms with Gasteiger partial charge in [-0.15, -0.1) is 0 Å². The molecule has 0 amide bonds. The van der Waals surface area contributed by atoms with E-state index in [1.165, 1.54) is 0 Å². The van der Waals surface area contributed by atoms with E-state index in [4.69, 9.17) is 0 Å². The van der Waals surface area contributed by atoms with E-state index >= 15 is 0 Å². The SMILES string of the molecule is CC/C=C/C(=O)Cc1ccc2ccccc2n1. The third-order valence-electron chi connectivity index (χ3n) is 2.55. The second kappa shape index (κ2) is 5.39. The Hall–Kier alpha value is -1.96. The number of rotatable bonds is 4. The van der Waals surface area contributed by atoms with Crippen LogP contribution < -0.4 is 0 Å². The number of carbonyl (C=O) groups excluding carboxylic acids is 1. The van der Waals surface area contributed by atoms with E-state index in [1.807, 2.05) is 49.4 Å². The van der Waals surface area contributed by atoms with E-state index in [2.05, 4.69) is 4.98 Å². The molecule has 2 rings (SSSR count). The molecule has 0 aliphatic carbocycles. The molecule has 0 bridgehead atoms. The van der Waals surface area contributed by atoms with Gasteiger partial charge in [0.2, 0.25) is 0 Å². The van der Waals surface area contributed by atoms with E-state index in [0.717, 1.165) is 23.0 Å². The lowest BCUT2D eigenvalue weighted by molar-refractivity contribution is -0.114. The van der Waals surface area contributed by atoms with Crippen molar-refractivity contribution in [2.45, 2.75) is 19.8 Å². The highest BCUT2D eigenvalue weighted by atomic mass is 16.1. The molecule has 0 N–H and O–H groups in total. The van der Waals surface area contributed by atoms with Crippen LogP contribution in [0.1, 0.15) is 19.0 Å². The van der Waals surface area contributed by atoms with Gasteiger partial charge in [0.1, 0.15) is 0 Å². The molecule has 0 atom stereocenters. The quantitative estimate of drug-likeness (QED) is 0.747. The number of carbonyl (C=O) groups is 1. The van der Waals surface area contributed by atoms with Crippen molar-refractivity contribution in [1.82, 2.24) is 4.98 Å². The molecule has 2 aromatic rings. The van der Waals surface area contributed by atoms with Gasteiger partial charge in [-0.3, -0.25) is 9.78 Å². The van der Waals surface area contributed by atoms with Crippen molar-refractivity contribution in [2.24, 2.45) is 0 Å². The lowest BCUT2D eigenvalue weighted by Crippen LogP contribution is -2.00. The fourth-order valence-electron chi connectivity index (χ4n) is 1.69. The van der Waals surface area contributed by atoms with Crippen LogP contribution in [0.15, 0.2) is 48.6 Å². The molecule has 0 saturated carbocycles. The zero-order chi connectivity index (χ0) is 12.1. The van der Waals surface area contributed by atoms with Crippen LogP contribution in [0.4, 0.5) is 0 Å². The summed E-state index contributed by atoms with van der Waals surface area (Å²) in [6, 6.07) is 11.8. The molecule has 0 radical (unpaired) electrons. The van der Waals surface area contributed by atoms with Gasteiger partial charge < -0.3 is 0 Å². The Bertz CT molecular complexity index is 558. The highest BCUT2D eigenvalue weighted by Gasteiger charge is 2.02. The third kappa shape index (κ3) is 3.00. The van der Waals surface area contributed by atoms with Crippen LogP contribution in [0.2, 0.25) is 0 Å². The second-order valence-electron chi connectivity index (χ2n) is 3.95. The van der Waals surface area contributed by atoms with Crippen LogP contribution in [-0.2, 0) is 11.2 Å². The molecule has 0 saturated heterocycles. The minimum atomic E-state index is 0.106. The molecular weight excluding hydrogens is 210 g/mol. The normalized spacial score (nSPS) is 11.1. The van der Waals surface area contributed by atoms with Crippen molar-refractivity contribution in [3.63, 3.8) is 0 Å². The van der Waals surface area contributed by atoms with E-state index in [9.17, 15) is 4.79 Å². The van der Waals surface area contributed by atoms with Gasteiger partial charge in [-0.25, -0.2) is 0 Å². The Labute approximate surface area is 101 Å². The van der Waals surface area contributed by atoms with Crippen molar-refractivity contribution in [3.8, 4) is 0 Å². The first-order valence-electron chi connectivity index (χ1n) is 5.83. The van der Waals surface area contributed by atoms with E-state index in [0.29, 0.717) is 6.42 Å². The number of pyridine rings is 1. The first kappa shape index (κ1) is 11.5. The van der Waals surface area contributed by atoms with Gasteiger partial charge in [-0.2, -0.15) is 0 Å². The number of allylic oxidation sites excluding steroid dienone is 2. The molecule has 2 heteroatoms. The van der Waals surface area contributed by atoms with Crippen molar-refractivity contribution in [1.29, 1.82) is 0 Å². The molecule has 1 aromatic heterocycles. The maximum atomic E-state index is 11.6. The largest absolute Gasteiger partial charge is 0.294 e. The Kier molecular flexibility index (Phi) is 3.66. The third-order valence-corrected chi connectivity index (χ3v) is 2.55. The highest BCUT2D eigenvalue weighted by Crippen LogP contribution is 2.12. The Morgan fingerprint density at radius 1 is 1.24 bits per heavy atom. The Morgan fingerprint density at radius 2 is 2.06 bits per heavy atom. The summed E-state index contributed by atoms with van der Waals surface area (Å²) in [4.78, 5) is 16.0. The lowest BCUT2D eigenvalue weighted by Gasteiger charge is -2.00. The number of hydrogen-bond acceptors (Lipinski definition) is 2. The molecule has 0 unspecified atom stereocenters. The van der Waals surface area contributed by atoms with Crippen LogP contribution in [0, 0.1) is 0 Å². The van der Waals surface area contributed by atoms with Crippen molar-refractivity contribution in [3.05, 3.63) is 54.2 Å². The number of hydrogen-bond donors (Lipinski definition) is 0. The average molecular weight is 225 g/mol. The number of ketones is 1. The standard InChI is InChI=1S/C15H15NO/c1-2-3-7-14(17)11-13-10-9-12-6-4-5-8-15(12)16-13/h3-10H,2,11H2,1H3/b7-3+. The van der Waals surface area contributed by atoms with Gasteiger partial charge in [0, 0.05) is 11.1 Å². The molecule has 17 heavy (non-hydrogen) atoms. The molecule has 0 spiro atoms. The highest BCUT2D eigenvalue weighted by molar-refractivity contribution is 5.91. The smallest absolute Gasteiger partial charge is 0.161 e. The predicted octanol–water partition coefficient (Wildman–Crippen LogP) is 3.31. The summed E-state index contributed by atoms with van der Waals surface area (Å²) in [7, 11) is 0. The van der Waals surface area contributed by atoms with Crippen LogP contribution in [0.25, 0.3) is 10.9 Å². The zero-order valence-corrected chi connectivity index (χ0v) is 9.89. The van der Waals surface area contributed by atoms with E-state index in [-0.39, 0.29) is 5.78 Å². The number of benzene rings is 1. The van der Waals surface area contributed by atoms with Gasteiger partial charge >= 0.3 is 0 Å². The van der Waals surface area contributed by atoms with Crippen molar-refractivity contribution in [2.75, 3.05) is 0 Å². The summed E-state index contributed by atoms with van der Waals surface area (Å²) in [5.41, 5.74) is 1.77. The van der Waals surface area contributed by atoms with E-state index < -0.39 is 0 Å².